The molecule has 1 saturated heterocycles. The van der Waals surface area contributed by atoms with Gasteiger partial charge in [-0.3, -0.25) is 0 Å². The summed E-state index contributed by atoms with van der Waals surface area (Å²) in [5.74, 6) is -0.123. The summed E-state index contributed by atoms with van der Waals surface area (Å²) in [4.78, 5) is 0. The van der Waals surface area contributed by atoms with Gasteiger partial charge in [-0.2, -0.15) is 0 Å². The van der Waals surface area contributed by atoms with Crippen molar-refractivity contribution in [3.8, 4) is 0 Å². The molecule has 0 bridgehead atoms. The van der Waals surface area contributed by atoms with E-state index in [9.17, 15) is 4.39 Å². The van der Waals surface area contributed by atoms with Gasteiger partial charge in [0.25, 0.3) is 0 Å². The molecule has 0 radical (unpaired) electrons. The van der Waals surface area contributed by atoms with Crippen LogP contribution in [-0.4, -0.2) is 6.54 Å². The molecule has 1 aliphatic heterocycles. The summed E-state index contributed by atoms with van der Waals surface area (Å²) in [7, 11) is 0. The molecule has 0 unspecified atom stereocenters. The van der Waals surface area contributed by atoms with Gasteiger partial charge in [0.15, 0.2) is 0 Å². The van der Waals surface area contributed by atoms with Crippen LogP contribution in [0, 0.1) is 9.39 Å². The molecule has 1 heterocycles. The quantitative estimate of drug-likeness (QED) is 0.785. The van der Waals surface area contributed by atoms with E-state index in [1.54, 1.807) is 6.07 Å². The van der Waals surface area contributed by atoms with Crippen LogP contribution >= 0.6 is 22.6 Å². The molecule has 0 amide bonds. The molecular formula is C10H11FIN. The van der Waals surface area contributed by atoms with Crippen molar-refractivity contribution in [3.05, 3.63) is 33.1 Å². The van der Waals surface area contributed by atoms with E-state index in [0.29, 0.717) is 9.61 Å². The standard InChI is InChI=1S/C10H11FIN/c11-8-4-3-7(6-9(8)12)10-2-1-5-13-10/h3-4,6,10,13H,1-2,5H2/t10-/m0/s1. The first kappa shape index (κ1) is 9.40. The van der Waals surface area contributed by atoms with Crippen LogP contribution in [-0.2, 0) is 0 Å². The third kappa shape index (κ3) is 2.02. The SMILES string of the molecule is Fc1ccc([C@@H]2CCCN2)cc1I. The first-order chi connectivity index (χ1) is 6.27. The van der Waals surface area contributed by atoms with Gasteiger partial charge >= 0.3 is 0 Å². The van der Waals surface area contributed by atoms with Crippen LogP contribution in [0.15, 0.2) is 18.2 Å². The average Bonchev–Trinajstić information content (AvgIpc) is 2.62. The van der Waals surface area contributed by atoms with Gasteiger partial charge in [-0.05, 0) is 59.7 Å². The van der Waals surface area contributed by atoms with Gasteiger partial charge in [0.05, 0.1) is 0 Å². The highest BCUT2D eigenvalue weighted by Gasteiger charge is 2.16. The molecule has 1 fully saturated rings. The second-order valence-electron chi connectivity index (χ2n) is 3.32. The zero-order valence-electron chi connectivity index (χ0n) is 7.19. The minimum atomic E-state index is -0.123. The van der Waals surface area contributed by atoms with E-state index in [2.05, 4.69) is 5.32 Å². The van der Waals surface area contributed by atoms with Crippen molar-refractivity contribution < 1.29 is 4.39 Å². The fourth-order valence-corrected chi connectivity index (χ4v) is 2.24. The molecular weight excluding hydrogens is 280 g/mol. The highest BCUT2D eigenvalue weighted by atomic mass is 127. The topological polar surface area (TPSA) is 12.0 Å². The van der Waals surface area contributed by atoms with Crippen molar-refractivity contribution in [3.63, 3.8) is 0 Å². The molecule has 0 aliphatic carbocycles. The molecule has 13 heavy (non-hydrogen) atoms. The van der Waals surface area contributed by atoms with E-state index in [1.807, 2.05) is 34.7 Å². The zero-order valence-corrected chi connectivity index (χ0v) is 9.34. The van der Waals surface area contributed by atoms with E-state index in [1.165, 1.54) is 18.4 Å². The lowest BCUT2D eigenvalue weighted by Crippen LogP contribution is -2.12. The highest BCUT2D eigenvalue weighted by Crippen LogP contribution is 2.25. The Bertz CT molecular complexity index is 308. The van der Waals surface area contributed by atoms with Crippen LogP contribution in [0.3, 0.4) is 0 Å². The van der Waals surface area contributed by atoms with Crippen molar-refractivity contribution in [2.75, 3.05) is 6.54 Å². The van der Waals surface area contributed by atoms with E-state index < -0.39 is 0 Å². The Hall–Kier alpha value is -0.160. The molecule has 1 aliphatic rings. The van der Waals surface area contributed by atoms with Crippen molar-refractivity contribution in [1.29, 1.82) is 0 Å². The summed E-state index contributed by atoms with van der Waals surface area (Å²) in [5.41, 5.74) is 1.21. The van der Waals surface area contributed by atoms with Crippen LogP contribution in [0.4, 0.5) is 4.39 Å². The van der Waals surface area contributed by atoms with E-state index in [-0.39, 0.29) is 5.82 Å². The van der Waals surface area contributed by atoms with Crippen molar-refractivity contribution in [2.45, 2.75) is 18.9 Å². The molecule has 0 aromatic heterocycles. The van der Waals surface area contributed by atoms with Crippen LogP contribution < -0.4 is 5.32 Å². The smallest absolute Gasteiger partial charge is 0.136 e. The van der Waals surface area contributed by atoms with Crippen molar-refractivity contribution >= 4 is 22.6 Å². The molecule has 0 spiro atoms. The van der Waals surface area contributed by atoms with Crippen LogP contribution in [0.5, 0.6) is 0 Å². The molecule has 0 saturated carbocycles. The summed E-state index contributed by atoms with van der Waals surface area (Å²) in [6, 6.07) is 5.80. The number of hydrogen-bond acceptors (Lipinski definition) is 1. The molecule has 2 rings (SSSR count). The van der Waals surface area contributed by atoms with Gasteiger partial charge in [0, 0.05) is 9.61 Å². The Morgan fingerprint density at radius 2 is 2.31 bits per heavy atom. The largest absolute Gasteiger partial charge is 0.310 e. The maximum atomic E-state index is 13.0. The van der Waals surface area contributed by atoms with Crippen LogP contribution in [0.1, 0.15) is 24.4 Å². The average molecular weight is 291 g/mol. The zero-order chi connectivity index (χ0) is 9.26. The number of nitrogens with one attached hydrogen (secondary N) is 1. The summed E-state index contributed by atoms with van der Waals surface area (Å²) in [5, 5.41) is 3.39. The lowest BCUT2D eigenvalue weighted by molar-refractivity contribution is 0.610. The van der Waals surface area contributed by atoms with Crippen LogP contribution in [0.25, 0.3) is 0 Å². The normalized spacial score (nSPS) is 22.2. The third-order valence-electron chi connectivity index (χ3n) is 2.41. The Kier molecular flexibility index (Phi) is 2.83. The lowest BCUT2D eigenvalue weighted by Gasteiger charge is -2.10. The predicted octanol–water partition coefficient (Wildman–Crippen LogP) is 2.85. The Morgan fingerprint density at radius 1 is 1.46 bits per heavy atom. The van der Waals surface area contributed by atoms with Gasteiger partial charge in [-0.15, -0.1) is 0 Å². The molecule has 1 atom stereocenters. The summed E-state index contributed by atoms with van der Waals surface area (Å²) < 4.78 is 13.7. The maximum Gasteiger partial charge on any atom is 0.136 e. The predicted molar refractivity (Wildman–Crippen MR) is 59.1 cm³/mol. The van der Waals surface area contributed by atoms with Crippen molar-refractivity contribution in [2.24, 2.45) is 0 Å². The van der Waals surface area contributed by atoms with Gasteiger partial charge in [-0.1, -0.05) is 6.07 Å². The Morgan fingerprint density at radius 3 is 2.92 bits per heavy atom. The van der Waals surface area contributed by atoms with Gasteiger partial charge in [-0.25, -0.2) is 4.39 Å². The first-order valence-corrected chi connectivity index (χ1v) is 5.53. The molecule has 70 valence electrons. The molecule has 1 aromatic carbocycles. The first-order valence-electron chi connectivity index (χ1n) is 4.46. The van der Waals surface area contributed by atoms with Gasteiger partial charge in [0.2, 0.25) is 0 Å². The molecule has 1 nitrogen and oxygen atoms in total. The minimum absolute atomic E-state index is 0.123. The second-order valence-corrected chi connectivity index (χ2v) is 4.48. The highest BCUT2D eigenvalue weighted by molar-refractivity contribution is 14.1. The Balaban J connectivity index is 2.25. The van der Waals surface area contributed by atoms with E-state index in [4.69, 9.17) is 0 Å². The lowest BCUT2D eigenvalue weighted by atomic mass is 10.1. The van der Waals surface area contributed by atoms with E-state index in [0.717, 1.165) is 6.54 Å². The molecule has 1 aromatic rings. The fourth-order valence-electron chi connectivity index (χ4n) is 1.70. The molecule has 3 heteroatoms. The molecule has 1 N–H and O–H groups in total. The number of rotatable bonds is 1. The van der Waals surface area contributed by atoms with Crippen molar-refractivity contribution in [1.82, 2.24) is 5.32 Å². The third-order valence-corrected chi connectivity index (χ3v) is 3.23. The summed E-state index contributed by atoms with van der Waals surface area (Å²) in [6.07, 6.45) is 2.39. The van der Waals surface area contributed by atoms with Crippen LogP contribution in [0.2, 0.25) is 0 Å². The summed E-state index contributed by atoms with van der Waals surface area (Å²) >= 11 is 2.03. The Labute approximate surface area is 90.9 Å². The number of halogens is 2. The second kappa shape index (κ2) is 3.92. The number of benzene rings is 1. The van der Waals surface area contributed by atoms with Gasteiger partial charge < -0.3 is 5.32 Å². The number of hydrogen-bond donors (Lipinski definition) is 1. The van der Waals surface area contributed by atoms with Gasteiger partial charge in [0.1, 0.15) is 5.82 Å². The minimum Gasteiger partial charge on any atom is -0.310 e. The maximum absolute atomic E-state index is 13.0. The fraction of sp³-hybridized carbons (Fsp3) is 0.400. The van der Waals surface area contributed by atoms with E-state index >= 15 is 0 Å². The monoisotopic (exact) mass is 291 g/mol. The summed E-state index contributed by atoms with van der Waals surface area (Å²) in [6.45, 7) is 1.08.